The number of nitrogens with one attached hydrogen (secondary N) is 1. The number of rotatable bonds is 4. The van der Waals surface area contributed by atoms with E-state index in [0.717, 1.165) is 11.1 Å². The number of fused-ring (bicyclic) bond motifs is 1. The number of aromatic nitrogens is 1. The molecule has 0 aliphatic carbocycles. The van der Waals surface area contributed by atoms with Crippen LogP contribution in [-0.2, 0) is 4.79 Å². The molecule has 4 nitrogen and oxygen atoms in total. The van der Waals surface area contributed by atoms with E-state index in [4.69, 9.17) is 16.7 Å². The molecule has 1 aromatic heterocycles. The minimum atomic E-state index is -0.871. The summed E-state index contributed by atoms with van der Waals surface area (Å²) in [6.45, 7) is 1.82. The number of nitrogens with zero attached hydrogens (tertiary/aromatic N) is 1. The highest BCUT2D eigenvalue weighted by molar-refractivity contribution is 6.35. The molecular formula is C13H13ClN2O2. The van der Waals surface area contributed by atoms with Crippen molar-refractivity contribution in [2.45, 2.75) is 19.4 Å². The van der Waals surface area contributed by atoms with Crippen molar-refractivity contribution >= 4 is 34.2 Å². The largest absolute Gasteiger partial charge is 0.480 e. The summed E-state index contributed by atoms with van der Waals surface area (Å²) in [7, 11) is 0. The van der Waals surface area contributed by atoms with Crippen LogP contribution in [0, 0.1) is 0 Å². The van der Waals surface area contributed by atoms with Crippen molar-refractivity contribution in [3.63, 3.8) is 0 Å². The summed E-state index contributed by atoms with van der Waals surface area (Å²) in [5.41, 5.74) is 1.40. The molecule has 0 saturated heterocycles. The van der Waals surface area contributed by atoms with Crippen molar-refractivity contribution in [1.29, 1.82) is 0 Å². The predicted molar refractivity (Wildman–Crippen MR) is 72.1 cm³/mol. The first kappa shape index (κ1) is 12.6. The summed E-state index contributed by atoms with van der Waals surface area (Å²) < 4.78 is 0. The zero-order chi connectivity index (χ0) is 13.1. The quantitative estimate of drug-likeness (QED) is 0.890. The smallest absolute Gasteiger partial charge is 0.326 e. The maximum atomic E-state index is 11.0. The molecule has 0 fully saturated rings. The molecule has 2 rings (SSSR count). The fraction of sp³-hybridized carbons (Fsp3) is 0.231. The maximum absolute atomic E-state index is 11.0. The summed E-state index contributed by atoms with van der Waals surface area (Å²) in [4.78, 5) is 15.2. The van der Waals surface area contributed by atoms with Crippen LogP contribution in [0.5, 0.6) is 0 Å². The Morgan fingerprint density at radius 2 is 2.28 bits per heavy atom. The van der Waals surface area contributed by atoms with Gasteiger partial charge in [-0.05, 0) is 30.7 Å². The number of pyridine rings is 1. The molecule has 1 aromatic carbocycles. The average molecular weight is 265 g/mol. The van der Waals surface area contributed by atoms with Gasteiger partial charge in [0, 0.05) is 17.3 Å². The highest BCUT2D eigenvalue weighted by atomic mass is 35.5. The maximum Gasteiger partial charge on any atom is 0.326 e. The molecule has 2 N–H and O–H groups in total. The number of anilines is 1. The van der Waals surface area contributed by atoms with Crippen LogP contribution in [0.1, 0.15) is 13.3 Å². The van der Waals surface area contributed by atoms with Crippen molar-refractivity contribution in [2.24, 2.45) is 0 Å². The molecule has 0 aliphatic heterocycles. The van der Waals surface area contributed by atoms with Crippen LogP contribution in [0.3, 0.4) is 0 Å². The van der Waals surface area contributed by atoms with Gasteiger partial charge in [-0.25, -0.2) is 4.79 Å². The van der Waals surface area contributed by atoms with Gasteiger partial charge < -0.3 is 10.4 Å². The Morgan fingerprint density at radius 3 is 2.94 bits per heavy atom. The van der Waals surface area contributed by atoms with E-state index in [1.807, 2.05) is 13.0 Å². The monoisotopic (exact) mass is 264 g/mol. The highest BCUT2D eigenvalue weighted by Gasteiger charge is 2.16. The molecule has 0 spiro atoms. The Labute approximate surface area is 110 Å². The van der Waals surface area contributed by atoms with E-state index in [-0.39, 0.29) is 0 Å². The molecule has 1 unspecified atom stereocenters. The molecule has 5 heteroatoms. The second-order valence-corrected chi connectivity index (χ2v) is 4.35. The third-order valence-electron chi connectivity index (χ3n) is 2.76. The second kappa shape index (κ2) is 5.23. The lowest BCUT2D eigenvalue weighted by Crippen LogP contribution is -2.28. The Hall–Kier alpha value is -1.81. The van der Waals surface area contributed by atoms with Gasteiger partial charge >= 0.3 is 5.97 Å². The van der Waals surface area contributed by atoms with E-state index >= 15 is 0 Å². The fourth-order valence-electron chi connectivity index (χ4n) is 1.79. The molecule has 18 heavy (non-hydrogen) atoms. The highest BCUT2D eigenvalue weighted by Crippen LogP contribution is 2.28. The topological polar surface area (TPSA) is 62.2 Å². The normalized spacial score (nSPS) is 12.3. The molecule has 0 amide bonds. The summed E-state index contributed by atoms with van der Waals surface area (Å²) in [5, 5.41) is 13.4. The first-order valence-corrected chi connectivity index (χ1v) is 6.04. The number of carbonyl (C=O) groups is 1. The van der Waals surface area contributed by atoms with Crippen LogP contribution in [0.25, 0.3) is 10.9 Å². The Kier molecular flexibility index (Phi) is 3.67. The molecule has 1 atom stereocenters. The summed E-state index contributed by atoms with van der Waals surface area (Å²) >= 11 is 6.06. The van der Waals surface area contributed by atoms with E-state index in [9.17, 15) is 4.79 Å². The molecule has 0 radical (unpaired) electrons. The zero-order valence-corrected chi connectivity index (χ0v) is 10.6. The number of aliphatic carboxylic acids is 1. The minimum Gasteiger partial charge on any atom is -0.480 e. The standard InChI is InChI=1S/C13H13ClN2O2/c1-2-10(13(17)18)16-11-6-5-9(14)12-8(11)4-3-7-15-12/h3-7,10,16H,2H2,1H3,(H,17,18). The van der Waals surface area contributed by atoms with E-state index in [0.29, 0.717) is 17.0 Å². The van der Waals surface area contributed by atoms with Gasteiger partial charge in [0.2, 0.25) is 0 Å². The first-order chi connectivity index (χ1) is 8.63. The van der Waals surface area contributed by atoms with Crippen LogP contribution in [-0.4, -0.2) is 22.1 Å². The lowest BCUT2D eigenvalue weighted by atomic mass is 10.1. The summed E-state index contributed by atoms with van der Waals surface area (Å²) in [5.74, 6) is -0.871. The number of halogens is 1. The summed E-state index contributed by atoms with van der Waals surface area (Å²) in [6.07, 6.45) is 2.16. The van der Waals surface area contributed by atoms with E-state index in [1.165, 1.54) is 0 Å². The number of benzene rings is 1. The lowest BCUT2D eigenvalue weighted by molar-refractivity contribution is -0.137. The first-order valence-electron chi connectivity index (χ1n) is 5.66. The molecule has 1 heterocycles. The molecular weight excluding hydrogens is 252 g/mol. The Balaban J connectivity index is 2.45. The van der Waals surface area contributed by atoms with Gasteiger partial charge in [-0.3, -0.25) is 4.98 Å². The Morgan fingerprint density at radius 1 is 1.50 bits per heavy atom. The van der Waals surface area contributed by atoms with Crippen molar-refractivity contribution in [3.8, 4) is 0 Å². The van der Waals surface area contributed by atoms with Gasteiger partial charge in [-0.1, -0.05) is 18.5 Å². The second-order valence-electron chi connectivity index (χ2n) is 3.94. The average Bonchev–Trinajstić information content (AvgIpc) is 2.38. The predicted octanol–water partition coefficient (Wildman–Crippen LogP) is 3.16. The van der Waals surface area contributed by atoms with E-state index < -0.39 is 12.0 Å². The van der Waals surface area contributed by atoms with Crippen molar-refractivity contribution < 1.29 is 9.90 Å². The third kappa shape index (κ3) is 2.38. The number of carboxylic acids is 1. The molecule has 94 valence electrons. The third-order valence-corrected chi connectivity index (χ3v) is 3.06. The van der Waals surface area contributed by atoms with Gasteiger partial charge in [0.25, 0.3) is 0 Å². The molecule has 0 saturated carbocycles. The number of hydrogen-bond donors (Lipinski definition) is 2. The van der Waals surface area contributed by atoms with Gasteiger partial charge in [0.15, 0.2) is 0 Å². The molecule has 0 bridgehead atoms. The van der Waals surface area contributed by atoms with Gasteiger partial charge in [-0.2, -0.15) is 0 Å². The zero-order valence-electron chi connectivity index (χ0n) is 9.85. The van der Waals surface area contributed by atoms with Crippen LogP contribution in [0.4, 0.5) is 5.69 Å². The number of hydrogen-bond acceptors (Lipinski definition) is 3. The number of carboxylic acid groups (broad SMARTS) is 1. The van der Waals surface area contributed by atoms with Crippen molar-refractivity contribution in [2.75, 3.05) is 5.32 Å². The van der Waals surface area contributed by atoms with Crippen molar-refractivity contribution in [1.82, 2.24) is 4.98 Å². The van der Waals surface area contributed by atoms with E-state index in [2.05, 4.69) is 10.3 Å². The van der Waals surface area contributed by atoms with E-state index in [1.54, 1.807) is 24.4 Å². The van der Waals surface area contributed by atoms with Gasteiger partial charge in [0.1, 0.15) is 6.04 Å². The molecule has 2 aromatic rings. The van der Waals surface area contributed by atoms with Gasteiger partial charge in [-0.15, -0.1) is 0 Å². The van der Waals surface area contributed by atoms with Crippen LogP contribution in [0.2, 0.25) is 5.02 Å². The summed E-state index contributed by atoms with van der Waals surface area (Å²) in [6, 6.07) is 6.54. The SMILES string of the molecule is CCC(Nc1ccc(Cl)c2ncccc12)C(=O)O. The Bertz CT molecular complexity index is 586. The lowest BCUT2D eigenvalue weighted by Gasteiger charge is -2.15. The molecule has 0 aliphatic rings. The van der Waals surface area contributed by atoms with Crippen LogP contribution < -0.4 is 5.32 Å². The van der Waals surface area contributed by atoms with Crippen LogP contribution in [0.15, 0.2) is 30.5 Å². The van der Waals surface area contributed by atoms with Gasteiger partial charge in [0.05, 0.1) is 10.5 Å². The van der Waals surface area contributed by atoms with Crippen LogP contribution >= 0.6 is 11.6 Å². The van der Waals surface area contributed by atoms with Crippen molar-refractivity contribution in [3.05, 3.63) is 35.5 Å². The minimum absolute atomic E-state index is 0.500. The fourth-order valence-corrected chi connectivity index (χ4v) is 2.00.